The number of unbranched alkanes of at least 4 members (excludes halogenated alkanes) is 1. The summed E-state index contributed by atoms with van der Waals surface area (Å²) in [5.41, 5.74) is 5.29. The van der Waals surface area contributed by atoms with Crippen LogP contribution in [0.4, 0.5) is 0 Å². The second-order valence-electron chi connectivity index (χ2n) is 2.13. The van der Waals surface area contributed by atoms with Gasteiger partial charge in [0, 0.05) is 0 Å². The van der Waals surface area contributed by atoms with Gasteiger partial charge in [-0.15, -0.1) is 0 Å². The first-order valence-electron chi connectivity index (χ1n) is 3.15. The molecule has 0 amide bonds. The maximum Gasteiger partial charge on any atom is -0.00116 e. The van der Waals surface area contributed by atoms with Crippen molar-refractivity contribution >= 4 is 12.6 Å². The molecule has 0 aliphatic rings. The predicted octanol–water partition coefficient (Wildman–Crippen LogP) is 1.43. The fraction of sp³-hybridized carbons (Fsp3) is 1.00. The Morgan fingerprint density at radius 3 is 2.50 bits per heavy atom. The van der Waals surface area contributed by atoms with Crippen molar-refractivity contribution in [2.24, 2.45) is 5.73 Å². The van der Waals surface area contributed by atoms with E-state index >= 15 is 0 Å². The lowest BCUT2D eigenvalue weighted by Crippen LogP contribution is -1.99. The smallest absolute Gasteiger partial charge is 0.00116 e. The van der Waals surface area contributed by atoms with Crippen molar-refractivity contribution in [1.29, 1.82) is 0 Å². The lowest BCUT2D eigenvalue weighted by atomic mass is 10.2. The minimum Gasteiger partial charge on any atom is -0.330 e. The predicted molar refractivity (Wildman–Crippen MR) is 41.4 cm³/mol. The molecule has 0 bridgehead atoms. The molecule has 1 unspecified atom stereocenters. The molecular weight excluding hydrogens is 118 g/mol. The van der Waals surface area contributed by atoms with E-state index in [2.05, 4.69) is 19.6 Å². The fourth-order valence-electron chi connectivity index (χ4n) is 0.584. The van der Waals surface area contributed by atoms with E-state index in [1.54, 1.807) is 0 Å². The third kappa shape index (κ3) is 6.31. The van der Waals surface area contributed by atoms with Crippen LogP contribution in [-0.4, -0.2) is 11.8 Å². The van der Waals surface area contributed by atoms with Gasteiger partial charge in [0.05, 0.1) is 0 Å². The summed E-state index contributed by atoms with van der Waals surface area (Å²) in [5.74, 6) is 0. The first-order valence-corrected chi connectivity index (χ1v) is 3.67. The Bertz CT molecular complexity index is 45.8. The van der Waals surface area contributed by atoms with Crippen molar-refractivity contribution in [1.82, 2.24) is 0 Å². The minimum absolute atomic E-state index is 0.543. The average molecular weight is 133 g/mol. The molecule has 1 nitrogen and oxygen atoms in total. The van der Waals surface area contributed by atoms with E-state index in [1.165, 1.54) is 12.8 Å². The molecule has 0 aromatic carbocycles. The van der Waals surface area contributed by atoms with Crippen LogP contribution in [0.5, 0.6) is 0 Å². The first-order chi connectivity index (χ1) is 3.77. The molecule has 2 N–H and O–H groups in total. The van der Waals surface area contributed by atoms with Crippen molar-refractivity contribution in [3.8, 4) is 0 Å². The van der Waals surface area contributed by atoms with E-state index in [1.807, 2.05) is 0 Å². The highest BCUT2D eigenvalue weighted by atomic mass is 32.1. The summed E-state index contributed by atoms with van der Waals surface area (Å²) >= 11 is 4.23. The van der Waals surface area contributed by atoms with Crippen molar-refractivity contribution in [3.05, 3.63) is 0 Å². The van der Waals surface area contributed by atoms with Crippen LogP contribution in [0.1, 0.15) is 26.2 Å². The second kappa shape index (κ2) is 5.45. The van der Waals surface area contributed by atoms with Crippen LogP contribution >= 0.6 is 12.6 Å². The molecule has 0 saturated carbocycles. The average Bonchev–Trinajstić information content (AvgIpc) is 1.66. The van der Waals surface area contributed by atoms with Crippen molar-refractivity contribution in [2.45, 2.75) is 31.4 Å². The lowest BCUT2D eigenvalue weighted by molar-refractivity contribution is 0.685. The van der Waals surface area contributed by atoms with Gasteiger partial charge in [-0.2, -0.15) is 12.6 Å². The lowest BCUT2D eigenvalue weighted by Gasteiger charge is -2.00. The van der Waals surface area contributed by atoms with Gasteiger partial charge in [-0.3, -0.25) is 0 Å². The van der Waals surface area contributed by atoms with Gasteiger partial charge in [0.1, 0.15) is 0 Å². The van der Waals surface area contributed by atoms with Crippen LogP contribution in [-0.2, 0) is 0 Å². The maximum absolute atomic E-state index is 5.29. The highest BCUT2D eigenvalue weighted by molar-refractivity contribution is 7.80. The van der Waals surface area contributed by atoms with Gasteiger partial charge in [0.25, 0.3) is 0 Å². The zero-order chi connectivity index (χ0) is 6.41. The van der Waals surface area contributed by atoms with E-state index < -0.39 is 0 Å². The Labute approximate surface area is 57.1 Å². The van der Waals surface area contributed by atoms with Gasteiger partial charge < -0.3 is 5.73 Å². The molecule has 0 rings (SSSR count). The molecule has 0 saturated heterocycles. The highest BCUT2D eigenvalue weighted by Crippen LogP contribution is 2.03. The van der Waals surface area contributed by atoms with E-state index in [0.29, 0.717) is 5.25 Å². The monoisotopic (exact) mass is 133 g/mol. The Hall–Kier alpha value is 0.310. The number of hydrogen-bond donors (Lipinski definition) is 2. The van der Waals surface area contributed by atoms with E-state index in [0.717, 1.165) is 13.0 Å². The van der Waals surface area contributed by atoms with Crippen LogP contribution < -0.4 is 5.73 Å². The molecule has 0 aliphatic heterocycles. The van der Waals surface area contributed by atoms with Gasteiger partial charge in [0.15, 0.2) is 0 Å². The van der Waals surface area contributed by atoms with E-state index in [9.17, 15) is 0 Å². The molecule has 0 aliphatic carbocycles. The third-order valence-corrected chi connectivity index (χ3v) is 1.33. The fourth-order valence-corrected chi connectivity index (χ4v) is 0.767. The molecule has 2 heteroatoms. The van der Waals surface area contributed by atoms with Gasteiger partial charge in [-0.25, -0.2) is 0 Å². The number of hydrogen-bond acceptors (Lipinski definition) is 2. The van der Waals surface area contributed by atoms with Crippen molar-refractivity contribution in [2.75, 3.05) is 6.54 Å². The zero-order valence-electron chi connectivity index (χ0n) is 5.43. The second-order valence-corrected chi connectivity index (χ2v) is 3.02. The Balaban J connectivity index is 2.72. The molecule has 0 fully saturated rings. The molecule has 8 heavy (non-hydrogen) atoms. The van der Waals surface area contributed by atoms with E-state index in [4.69, 9.17) is 5.73 Å². The summed E-state index contributed by atoms with van der Waals surface area (Å²) in [4.78, 5) is 0. The molecule has 1 atom stereocenters. The van der Waals surface area contributed by atoms with Crippen LogP contribution in [0.3, 0.4) is 0 Å². The molecular formula is C6H15NS. The standard InChI is InChI=1S/C6H15NS/c1-6(8)4-2-3-5-7/h6,8H,2-5,7H2,1H3. The normalized spacial score (nSPS) is 13.9. The topological polar surface area (TPSA) is 26.0 Å². The molecule has 0 aromatic rings. The van der Waals surface area contributed by atoms with Crippen molar-refractivity contribution in [3.63, 3.8) is 0 Å². The summed E-state index contributed by atoms with van der Waals surface area (Å²) in [6.45, 7) is 2.93. The molecule has 0 aromatic heterocycles. The summed E-state index contributed by atoms with van der Waals surface area (Å²) < 4.78 is 0. The Morgan fingerprint density at radius 1 is 1.50 bits per heavy atom. The van der Waals surface area contributed by atoms with E-state index in [-0.39, 0.29) is 0 Å². The number of rotatable bonds is 4. The van der Waals surface area contributed by atoms with Gasteiger partial charge in [0.2, 0.25) is 0 Å². The largest absolute Gasteiger partial charge is 0.330 e. The summed E-state index contributed by atoms with van der Waals surface area (Å²) in [5, 5.41) is 0.543. The third-order valence-electron chi connectivity index (χ3n) is 1.08. The van der Waals surface area contributed by atoms with Crippen LogP contribution in [0.2, 0.25) is 0 Å². The minimum atomic E-state index is 0.543. The molecule has 0 radical (unpaired) electrons. The Kier molecular flexibility index (Phi) is 5.66. The van der Waals surface area contributed by atoms with Crippen molar-refractivity contribution < 1.29 is 0 Å². The summed E-state index contributed by atoms with van der Waals surface area (Å²) in [7, 11) is 0. The van der Waals surface area contributed by atoms with Crippen LogP contribution in [0.15, 0.2) is 0 Å². The summed E-state index contributed by atoms with van der Waals surface area (Å²) in [6, 6.07) is 0. The number of nitrogens with two attached hydrogens (primary N) is 1. The maximum atomic E-state index is 5.29. The van der Waals surface area contributed by atoms with Gasteiger partial charge in [-0.05, 0) is 24.6 Å². The zero-order valence-corrected chi connectivity index (χ0v) is 6.32. The Morgan fingerprint density at radius 2 is 2.12 bits per heavy atom. The molecule has 0 spiro atoms. The van der Waals surface area contributed by atoms with Crippen LogP contribution in [0.25, 0.3) is 0 Å². The first kappa shape index (κ1) is 8.31. The van der Waals surface area contributed by atoms with Gasteiger partial charge in [-0.1, -0.05) is 13.3 Å². The van der Waals surface area contributed by atoms with Crippen LogP contribution in [0, 0.1) is 0 Å². The summed E-state index contributed by atoms with van der Waals surface area (Å²) in [6.07, 6.45) is 3.56. The SMILES string of the molecule is CC(S)CCCCN. The molecule has 50 valence electrons. The highest BCUT2D eigenvalue weighted by Gasteiger charge is 1.91. The van der Waals surface area contributed by atoms with Gasteiger partial charge >= 0.3 is 0 Å². The number of thiol groups is 1. The molecule has 0 heterocycles. The quantitative estimate of drug-likeness (QED) is 0.440.